The second-order valence-electron chi connectivity index (χ2n) is 11.2. The first kappa shape index (κ1) is 40.2. The molecule has 0 atom stereocenters. The van der Waals surface area contributed by atoms with Crippen LogP contribution in [-0.2, 0) is 24.0 Å². The van der Waals surface area contributed by atoms with Gasteiger partial charge in [0.2, 0.25) is 11.8 Å². The van der Waals surface area contributed by atoms with Crippen molar-refractivity contribution in [2.45, 2.75) is 59.3 Å². The standard InChI is InChI=1S/C28H54N6O6.CH2O2/c1-4-31-13-15-32(17-18-34(23-28(39)40)20-19-33(16-14-31)22-27(37)38)21-26(36)30-11-7-5-6-10-25(35)29-12-8-9-24(2)3;2-1-3/h24H,4-23H2,1-3H3,(H,29,35)(H,30,36)(H,37,38)(H,39,40);1H,(H,2,3). The molecular formula is C29H56N6O8. The summed E-state index contributed by atoms with van der Waals surface area (Å²) in [7, 11) is 0. The van der Waals surface area contributed by atoms with E-state index in [4.69, 9.17) is 9.90 Å². The Hall–Kier alpha value is -2.81. The molecule has 1 aliphatic heterocycles. The number of unbranched alkanes of at least 4 members (excludes halogenated alkanes) is 2. The number of hydrogen-bond acceptors (Lipinski definition) is 9. The monoisotopic (exact) mass is 616 g/mol. The molecule has 0 aliphatic carbocycles. The lowest BCUT2D eigenvalue weighted by atomic mass is 10.1. The minimum Gasteiger partial charge on any atom is -0.483 e. The predicted molar refractivity (Wildman–Crippen MR) is 164 cm³/mol. The predicted octanol–water partition coefficient (Wildman–Crippen LogP) is 0.327. The first-order chi connectivity index (χ1) is 20.5. The molecule has 1 heterocycles. The maximum Gasteiger partial charge on any atom is 0.317 e. The number of carbonyl (C=O) groups is 5. The Morgan fingerprint density at radius 1 is 0.674 bits per heavy atom. The van der Waals surface area contributed by atoms with Gasteiger partial charge in [0, 0.05) is 71.9 Å². The minimum atomic E-state index is -0.929. The van der Waals surface area contributed by atoms with Gasteiger partial charge in [-0.1, -0.05) is 27.2 Å². The molecule has 1 saturated heterocycles. The van der Waals surface area contributed by atoms with Crippen molar-refractivity contribution in [3.8, 4) is 0 Å². The summed E-state index contributed by atoms with van der Waals surface area (Å²) in [5.74, 6) is -1.14. The molecule has 0 aromatic rings. The number of carboxylic acid groups (broad SMARTS) is 3. The molecule has 1 fully saturated rings. The summed E-state index contributed by atoms with van der Waals surface area (Å²) in [5, 5.41) is 31.4. The number of aliphatic carboxylic acids is 2. The van der Waals surface area contributed by atoms with Crippen LogP contribution in [-0.4, -0.2) is 157 Å². The summed E-state index contributed by atoms with van der Waals surface area (Å²) in [6.45, 7) is 13.0. The first-order valence-corrected chi connectivity index (χ1v) is 15.4. The zero-order valence-corrected chi connectivity index (χ0v) is 26.5. The van der Waals surface area contributed by atoms with Crippen LogP contribution in [0.15, 0.2) is 0 Å². The molecule has 0 unspecified atom stereocenters. The molecular weight excluding hydrogens is 560 g/mol. The molecule has 0 aromatic heterocycles. The van der Waals surface area contributed by atoms with Crippen molar-refractivity contribution in [3.63, 3.8) is 0 Å². The van der Waals surface area contributed by atoms with Crippen LogP contribution in [0.25, 0.3) is 0 Å². The van der Waals surface area contributed by atoms with Crippen LogP contribution in [0.1, 0.15) is 59.3 Å². The van der Waals surface area contributed by atoms with Gasteiger partial charge in [-0.2, -0.15) is 0 Å². The second kappa shape index (κ2) is 25.7. The largest absolute Gasteiger partial charge is 0.483 e. The normalized spacial score (nSPS) is 16.3. The summed E-state index contributed by atoms with van der Waals surface area (Å²) < 4.78 is 0. The van der Waals surface area contributed by atoms with E-state index < -0.39 is 11.9 Å². The van der Waals surface area contributed by atoms with Gasteiger partial charge < -0.3 is 30.9 Å². The quantitative estimate of drug-likeness (QED) is 0.112. The molecule has 250 valence electrons. The van der Waals surface area contributed by atoms with Gasteiger partial charge in [-0.05, 0) is 38.1 Å². The number of nitrogens with one attached hydrogen (secondary N) is 2. The molecule has 0 spiro atoms. The first-order valence-electron chi connectivity index (χ1n) is 15.4. The Balaban J connectivity index is 0.00000562. The number of likely N-dealkylation sites (N-methyl/N-ethyl adjacent to an activating group) is 1. The molecule has 1 aliphatic rings. The number of carbonyl (C=O) groups excluding carboxylic acids is 2. The smallest absolute Gasteiger partial charge is 0.317 e. The molecule has 5 N–H and O–H groups in total. The molecule has 0 bridgehead atoms. The molecule has 2 amide bonds. The zero-order valence-electron chi connectivity index (χ0n) is 26.5. The highest BCUT2D eigenvalue weighted by Gasteiger charge is 2.19. The average Bonchev–Trinajstić information content (AvgIpc) is 2.92. The summed E-state index contributed by atoms with van der Waals surface area (Å²) in [4.78, 5) is 63.6. The molecule has 14 nitrogen and oxygen atoms in total. The van der Waals surface area contributed by atoms with Gasteiger partial charge in [0.15, 0.2) is 0 Å². The maximum atomic E-state index is 12.7. The SMILES string of the molecule is CCN1CCN(CC(=O)O)CCN(CC(=O)O)CCN(CC(=O)NCCCCCC(=O)NCCCC(C)C)CC1.O=CO. The minimum absolute atomic E-state index is 0.0598. The fourth-order valence-corrected chi connectivity index (χ4v) is 4.65. The Kier molecular flexibility index (Phi) is 24.0. The van der Waals surface area contributed by atoms with Gasteiger partial charge in [-0.15, -0.1) is 0 Å². The number of nitrogens with zero attached hydrogens (tertiary/aromatic N) is 4. The van der Waals surface area contributed by atoms with Crippen LogP contribution >= 0.6 is 0 Å². The van der Waals surface area contributed by atoms with Crippen LogP contribution < -0.4 is 10.6 Å². The summed E-state index contributed by atoms with van der Waals surface area (Å²) in [6, 6.07) is 0. The summed E-state index contributed by atoms with van der Waals surface area (Å²) in [5.41, 5.74) is 0. The molecule has 0 aromatic carbocycles. The Morgan fingerprint density at radius 2 is 1.09 bits per heavy atom. The van der Waals surface area contributed by atoms with E-state index in [1.54, 1.807) is 0 Å². The number of amides is 2. The lowest BCUT2D eigenvalue weighted by Gasteiger charge is -2.33. The van der Waals surface area contributed by atoms with Crippen molar-refractivity contribution >= 4 is 30.2 Å². The average molecular weight is 617 g/mol. The highest BCUT2D eigenvalue weighted by atomic mass is 16.4. The van der Waals surface area contributed by atoms with Crippen molar-refractivity contribution in [2.75, 3.05) is 91.6 Å². The van der Waals surface area contributed by atoms with Gasteiger partial charge in [-0.3, -0.25) is 38.7 Å². The van der Waals surface area contributed by atoms with E-state index in [-0.39, 0.29) is 37.9 Å². The van der Waals surface area contributed by atoms with Gasteiger partial charge in [0.1, 0.15) is 0 Å². The van der Waals surface area contributed by atoms with E-state index >= 15 is 0 Å². The van der Waals surface area contributed by atoms with Crippen molar-refractivity contribution in [1.29, 1.82) is 0 Å². The third kappa shape index (κ3) is 24.3. The van der Waals surface area contributed by atoms with Crippen molar-refractivity contribution < 1.29 is 39.3 Å². The lowest BCUT2D eigenvalue weighted by Crippen LogP contribution is -2.49. The van der Waals surface area contributed by atoms with E-state index in [2.05, 4.69) is 41.2 Å². The van der Waals surface area contributed by atoms with Gasteiger partial charge in [0.25, 0.3) is 6.47 Å². The Labute approximate surface area is 256 Å². The van der Waals surface area contributed by atoms with Crippen LogP contribution in [0, 0.1) is 5.92 Å². The van der Waals surface area contributed by atoms with E-state index in [0.29, 0.717) is 64.7 Å². The number of carboxylic acids is 2. The fourth-order valence-electron chi connectivity index (χ4n) is 4.65. The van der Waals surface area contributed by atoms with Crippen molar-refractivity contribution in [1.82, 2.24) is 30.2 Å². The summed E-state index contributed by atoms with van der Waals surface area (Å²) >= 11 is 0. The van der Waals surface area contributed by atoms with Crippen LogP contribution in [0.3, 0.4) is 0 Å². The highest BCUT2D eigenvalue weighted by Crippen LogP contribution is 2.04. The molecule has 0 saturated carbocycles. The van der Waals surface area contributed by atoms with Gasteiger partial charge >= 0.3 is 11.9 Å². The van der Waals surface area contributed by atoms with Crippen molar-refractivity contribution in [3.05, 3.63) is 0 Å². The Bertz CT molecular complexity index is 801. The Morgan fingerprint density at radius 3 is 1.53 bits per heavy atom. The number of hydrogen-bond donors (Lipinski definition) is 5. The number of rotatable bonds is 17. The highest BCUT2D eigenvalue weighted by molar-refractivity contribution is 5.78. The summed E-state index contributed by atoms with van der Waals surface area (Å²) in [6.07, 6.45) is 5.12. The third-order valence-electron chi connectivity index (χ3n) is 7.15. The van der Waals surface area contributed by atoms with Crippen LogP contribution in [0.4, 0.5) is 0 Å². The van der Waals surface area contributed by atoms with E-state index in [9.17, 15) is 29.4 Å². The molecule has 43 heavy (non-hydrogen) atoms. The van der Waals surface area contributed by atoms with Crippen LogP contribution in [0.5, 0.6) is 0 Å². The zero-order chi connectivity index (χ0) is 32.5. The van der Waals surface area contributed by atoms with E-state index in [0.717, 1.165) is 51.7 Å². The maximum absolute atomic E-state index is 12.7. The van der Waals surface area contributed by atoms with Crippen molar-refractivity contribution in [2.24, 2.45) is 5.92 Å². The van der Waals surface area contributed by atoms with Gasteiger partial charge in [0.05, 0.1) is 19.6 Å². The second-order valence-corrected chi connectivity index (χ2v) is 11.2. The lowest BCUT2D eigenvalue weighted by molar-refractivity contribution is -0.140. The topological polar surface area (TPSA) is 183 Å². The molecule has 14 heteroatoms. The fraction of sp³-hybridized carbons (Fsp3) is 0.828. The van der Waals surface area contributed by atoms with Crippen LogP contribution in [0.2, 0.25) is 0 Å². The van der Waals surface area contributed by atoms with E-state index in [1.165, 1.54) is 0 Å². The third-order valence-corrected chi connectivity index (χ3v) is 7.15. The van der Waals surface area contributed by atoms with Gasteiger partial charge in [-0.25, -0.2) is 0 Å². The van der Waals surface area contributed by atoms with E-state index in [1.807, 2.05) is 9.80 Å². The molecule has 0 radical (unpaired) electrons. The molecule has 1 rings (SSSR count).